The zero-order valence-electron chi connectivity index (χ0n) is 17.1. The number of benzene rings is 2. The first-order valence-electron chi connectivity index (χ1n) is 11.1. The summed E-state index contributed by atoms with van der Waals surface area (Å²) in [5.74, 6) is 2.66. The van der Waals surface area contributed by atoms with Crippen molar-refractivity contribution in [1.82, 2.24) is 5.32 Å². The molecule has 6 nitrogen and oxygen atoms in total. The molecule has 4 aliphatic rings. The van der Waals surface area contributed by atoms with Gasteiger partial charge >= 0.3 is 0 Å². The molecule has 2 N–H and O–H groups in total. The van der Waals surface area contributed by atoms with Gasteiger partial charge in [-0.15, -0.1) is 0 Å². The number of nitrogens with zero attached hydrogens (tertiary/aromatic N) is 1. The zero-order valence-corrected chi connectivity index (χ0v) is 17.1. The highest BCUT2D eigenvalue weighted by Gasteiger charge is 2.30. The second-order valence-corrected chi connectivity index (χ2v) is 8.86. The average molecular weight is 408 g/mol. The average Bonchev–Trinajstić information content (AvgIpc) is 3.38. The van der Waals surface area contributed by atoms with E-state index in [9.17, 15) is 5.11 Å². The molecule has 6 heteroatoms. The summed E-state index contributed by atoms with van der Waals surface area (Å²) in [6, 6.07) is 11.5. The highest BCUT2D eigenvalue weighted by molar-refractivity contribution is 5.63. The largest absolute Gasteiger partial charge is 0.491 e. The highest BCUT2D eigenvalue weighted by Crippen LogP contribution is 2.41. The van der Waals surface area contributed by atoms with Gasteiger partial charge in [-0.2, -0.15) is 0 Å². The summed E-state index contributed by atoms with van der Waals surface area (Å²) in [6.07, 6.45) is 4.61. The van der Waals surface area contributed by atoms with Gasteiger partial charge in [0.25, 0.3) is 0 Å². The van der Waals surface area contributed by atoms with E-state index in [-0.39, 0.29) is 0 Å². The lowest BCUT2D eigenvalue weighted by Crippen LogP contribution is -2.46. The Labute approximate surface area is 176 Å². The van der Waals surface area contributed by atoms with Crippen LogP contribution in [0.2, 0.25) is 0 Å². The number of anilines is 1. The van der Waals surface area contributed by atoms with Crippen LogP contribution in [0.15, 0.2) is 30.3 Å². The van der Waals surface area contributed by atoms with E-state index in [1.807, 2.05) is 12.1 Å². The van der Waals surface area contributed by atoms with Gasteiger partial charge in [0.2, 0.25) is 6.79 Å². The molecule has 0 amide bonds. The quantitative estimate of drug-likeness (QED) is 0.814. The maximum Gasteiger partial charge on any atom is 0.231 e. The first-order chi connectivity index (χ1) is 14.7. The van der Waals surface area contributed by atoms with Crippen LogP contribution < -0.4 is 24.4 Å². The van der Waals surface area contributed by atoms with Crippen LogP contribution in [0.1, 0.15) is 42.1 Å². The summed E-state index contributed by atoms with van der Waals surface area (Å²) in [5.41, 5.74) is 4.84. The Balaban J connectivity index is 1.08. The lowest BCUT2D eigenvalue weighted by molar-refractivity contribution is 0.115. The number of aliphatic hydroxyl groups is 1. The van der Waals surface area contributed by atoms with Gasteiger partial charge in [0.15, 0.2) is 11.5 Å². The van der Waals surface area contributed by atoms with Crippen LogP contribution in [0.5, 0.6) is 17.2 Å². The molecule has 3 heterocycles. The highest BCUT2D eigenvalue weighted by atomic mass is 16.7. The van der Waals surface area contributed by atoms with E-state index in [4.69, 9.17) is 14.2 Å². The third-order valence-corrected chi connectivity index (χ3v) is 6.96. The van der Waals surface area contributed by atoms with Gasteiger partial charge in [-0.05, 0) is 55.0 Å². The minimum absolute atomic E-state index is 0.340. The zero-order chi connectivity index (χ0) is 20.1. The molecule has 0 bridgehead atoms. The number of nitrogens with one attached hydrogen (secondary N) is 1. The van der Waals surface area contributed by atoms with Crippen LogP contribution in [0.4, 0.5) is 5.69 Å². The summed E-state index contributed by atoms with van der Waals surface area (Å²) in [7, 11) is 0. The number of aliphatic hydroxyl groups excluding tert-OH is 1. The van der Waals surface area contributed by atoms with Gasteiger partial charge < -0.3 is 29.5 Å². The predicted molar refractivity (Wildman–Crippen MR) is 114 cm³/mol. The fraction of sp³-hybridized carbons (Fsp3) is 0.500. The molecule has 0 spiro atoms. The van der Waals surface area contributed by atoms with Crippen LogP contribution in [-0.4, -0.2) is 43.7 Å². The molecule has 1 aliphatic carbocycles. The molecule has 0 radical (unpaired) electrons. The van der Waals surface area contributed by atoms with Gasteiger partial charge in [0.05, 0.1) is 18.4 Å². The lowest BCUT2D eigenvalue weighted by Gasteiger charge is -2.37. The Bertz CT molecular complexity index is 921. The smallest absolute Gasteiger partial charge is 0.231 e. The minimum Gasteiger partial charge on any atom is -0.491 e. The Morgan fingerprint density at radius 1 is 0.900 bits per heavy atom. The number of piperidine rings is 1. The molecule has 30 heavy (non-hydrogen) atoms. The molecular weight excluding hydrogens is 380 g/mol. The predicted octanol–water partition coefficient (Wildman–Crippen LogP) is 2.96. The Morgan fingerprint density at radius 3 is 2.37 bits per heavy atom. The molecule has 3 aliphatic heterocycles. The fourth-order valence-electron chi connectivity index (χ4n) is 5.39. The molecule has 1 fully saturated rings. The van der Waals surface area contributed by atoms with Crippen LogP contribution in [0.3, 0.4) is 0 Å². The summed E-state index contributed by atoms with van der Waals surface area (Å²) < 4.78 is 17.0. The van der Waals surface area contributed by atoms with Crippen LogP contribution in [0.25, 0.3) is 0 Å². The lowest BCUT2D eigenvalue weighted by atomic mass is 9.99. The van der Waals surface area contributed by atoms with Crippen LogP contribution in [-0.2, 0) is 12.8 Å². The number of hydrogen-bond acceptors (Lipinski definition) is 6. The molecule has 2 aromatic rings. The van der Waals surface area contributed by atoms with Crippen molar-refractivity contribution in [2.45, 2.75) is 50.3 Å². The van der Waals surface area contributed by atoms with E-state index >= 15 is 0 Å². The molecule has 1 saturated heterocycles. The maximum absolute atomic E-state index is 10.3. The van der Waals surface area contributed by atoms with Gasteiger partial charge in [-0.3, -0.25) is 0 Å². The second kappa shape index (κ2) is 7.36. The molecule has 0 aromatic heterocycles. The molecule has 2 aromatic carbocycles. The van der Waals surface area contributed by atoms with Crippen molar-refractivity contribution in [1.29, 1.82) is 0 Å². The van der Waals surface area contributed by atoms with Crippen molar-refractivity contribution in [3.05, 3.63) is 47.0 Å². The van der Waals surface area contributed by atoms with Crippen molar-refractivity contribution in [3.63, 3.8) is 0 Å². The standard InChI is InChI=1S/C24H28N2O4/c27-21-6-9-28-24-19(21)2-1-3-20(24)26-7-4-17(5-8-26)25-18-10-15-12-22-23(30-14-29-22)13-16(15)11-18/h1-3,12-13,17-18,21,25,27H,4-11,14H2/t21-/m0/s1. The van der Waals surface area contributed by atoms with Crippen molar-refractivity contribution < 1.29 is 19.3 Å². The third-order valence-electron chi connectivity index (χ3n) is 6.96. The monoisotopic (exact) mass is 408 g/mol. The Hall–Kier alpha value is -2.44. The SMILES string of the molecule is O[C@H]1CCOc2c1cccc2N1CCC(NC2Cc3cc4c(cc3C2)OCO4)CC1. The molecule has 0 saturated carbocycles. The number of fused-ring (bicyclic) bond motifs is 3. The Morgan fingerprint density at radius 2 is 1.63 bits per heavy atom. The van der Waals surface area contributed by atoms with Crippen LogP contribution >= 0.6 is 0 Å². The van der Waals surface area contributed by atoms with Crippen molar-refractivity contribution in [2.75, 3.05) is 31.4 Å². The van der Waals surface area contributed by atoms with E-state index < -0.39 is 6.10 Å². The van der Waals surface area contributed by atoms with E-state index in [1.165, 1.54) is 11.1 Å². The number of ether oxygens (including phenoxy) is 3. The maximum atomic E-state index is 10.3. The molecule has 6 rings (SSSR count). The van der Waals surface area contributed by atoms with Crippen molar-refractivity contribution in [3.8, 4) is 17.2 Å². The fourth-order valence-corrected chi connectivity index (χ4v) is 5.39. The normalized spacial score (nSPS) is 23.2. The first kappa shape index (κ1) is 18.3. The first-order valence-corrected chi connectivity index (χ1v) is 11.1. The summed E-state index contributed by atoms with van der Waals surface area (Å²) in [6.45, 7) is 2.94. The minimum atomic E-state index is -0.408. The topological polar surface area (TPSA) is 63.2 Å². The van der Waals surface area contributed by atoms with Gasteiger partial charge in [0.1, 0.15) is 5.75 Å². The molecule has 1 atom stereocenters. The van der Waals surface area contributed by atoms with E-state index in [2.05, 4.69) is 28.4 Å². The molecule has 0 unspecified atom stereocenters. The van der Waals surface area contributed by atoms with E-state index in [0.717, 1.165) is 67.3 Å². The van der Waals surface area contributed by atoms with Gasteiger partial charge in [-0.25, -0.2) is 0 Å². The van der Waals surface area contributed by atoms with Crippen LogP contribution in [0, 0.1) is 0 Å². The van der Waals surface area contributed by atoms with E-state index in [1.54, 1.807) is 0 Å². The number of para-hydroxylation sites is 1. The summed E-state index contributed by atoms with van der Waals surface area (Å²) in [4.78, 5) is 2.41. The summed E-state index contributed by atoms with van der Waals surface area (Å²) in [5, 5.41) is 14.2. The van der Waals surface area contributed by atoms with Crippen molar-refractivity contribution >= 4 is 5.69 Å². The van der Waals surface area contributed by atoms with Gasteiger partial charge in [0, 0.05) is 37.2 Å². The van der Waals surface area contributed by atoms with Gasteiger partial charge in [-0.1, -0.05) is 12.1 Å². The molecule has 158 valence electrons. The number of hydrogen-bond donors (Lipinski definition) is 2. The Kier molecular flexibility index (Phi) is 4.50. The van der Waals surface area contributed by atoms with Crippen molar-refractivity contribution in [2.24, 2.45) is 0 Å². The van der Waals surface area contributed by atoms with E-state index in [0.29, 0.717) is 31.9 Å². The molecular formula is C24H28N2O4. The second-order valence-electron chi connectivity index (χ2n) is 8.86. The summed E-state index contributed by atoms with van der Waals surface area (Å²) >= 11 is 0. The third kappa shape index (κ3) is 3.19. The number of rotatable bonds is 3.